The lowest BCUT2D eigenvalue weighted by molar-refractivity contribution is -0.125. The lowest BCUT2D eigenvalue weighted by Gasteiger charge is -2.49. The van der Waals surface area contributed by atoms with Crippen molar-refractivity contribution in [3.05, 3.63) is 64.4 Å². The standard InChI is InChI=1S/C25H25Cl2N7O/c1-14(2)31-25(23(28)35)12-33(13-25)24-29-15(3)34-22(30-24)20(16-8-10-17(26)11-9-16)21(32-34)18-6-4-5-7-19(18)27/h4-11,14,31H,12-13H2,1-3H3,(H2,28,35). The fraction of sp³-hybridized carbons (Fsp3) is 0.280. The molecule has 0 saturated carbocycles. The smallest absolute Gasteiger partial charge is 0.241 e. The number of nitrogens with zero attached hydrogens (tertiary/aromatic N) is 5. The zero-order valence-electron chi connectivity index (χ0n) is 19.6. The monoisotopic (exact) mass is 509 g/mol. The molecule has 0 unspecified atom stereocenters. The maximum Gasteiger partial charge on any atom is 0.241 e. The largest absolute Gasteiger partial charge is 0.368 e. The Morgan fingerprint density at radius 2 is 1.77 bits per heavy atom. The predicted molar refractivity (Wildman–Crippen MR) is 139 cm³/mol. The fourth-order valence-electron chi connectivity index (χ4n) is 4.53. The van der Waals surface area contributed by atoms with Crippen LogP contribution in [0.2, 0.25) is 10.0 Å². The van der Waals surface area contributed by atoms with Crippen molar-refractivity contribution in [3.8, 4) is 22.4 Å². The van der Waals surface area contributed by atoms with Crippen LogP contribution in [-0.2, 0) is 4.79 Å². The molecule has 4 aromatic rings. The number of carbonyl (C=O) groups excluding carboxylic acids is 1. The third kappa shape index (κ3) is 4.11. The summed E-state index contributed by atoms with van der Waals surface area (Å²) >= 11 is 12.7. The first-order valence-electron chi connectivity index (χ1n) is 11.3. The van der Waals surface area contributed by atoms with Gasteiger partial charge in [0.15, 0.2) is 5.65 Å². The van der Waals surface area contributed by atoms with Gasteiger partial charge in [0.1, 0.15) is 17.1 Å². The highest BCUT2D eigenvalue weighted by Gasteiger charge is 2.49. The van der Waals surface area contributed by atoms with Crippen LogP contribution < -0.4 is 16.0 Å². The van der Waals surface area contributed by atoms with Gasteiger partial charge in [-0.1, -0.05) is 53.5 Å². The minimum absolute atomic E-state index is 0.110. The molecule has 180 valence electrons. The van der Waals surface area contributed by atoms with Crippen LogP contribution in [0.3, 0.4) is 0 Å². The van der Waals surface area contributed by atoms with Crippen LogP contribution in [0, 0.1) is 6.92 Å². The van der Waals surface area contributed by atoms with Gasteiger partial charge in [0.25, 0.3) is 0 Å². The predicted octanol–water partition coefficient (Wildman–Crippen LogP) is 4.12. The van der Waals surface area contributed by atoms with E-state index < -0.39 is 5.54 Å². The van der Waals surface area contributed by atoms with Gasteiger partial charge < -0.3 is 10.6 Å². The number of aryl methyl sites for hydroxylation is 1. The van der Waals surface area contributed by atoms with E-state index in [1.165, 1.54) is 0 Å². The van der Waals surface area contributed by atoms with Gasteiger partial charge in [-0.15, -0.1) is 0 Å². The average molecular weight is 510 g/mol. The van der Waals surface area contributed by atoms with E-state index in [2.05, 4.69) is 10.3 Å². The second-order valence-corrected chi connectivity index (χ2v) is 9.96. The number of rotatable bonds is 6. The summed E-state index contributed by atoms with van der Waals surface area (Å²) < 4.78 is 1.72. The number of aromatic nitrogens is 4. The molecule has 1 fully saturated rings. The number of halogens is 2. The summed E-state index contributed by atoms with van der Waals surface area (Å²) in [6.45, 7) is 6.62. The van der Waals surface area contributed by atoms with Crippen LogP contribution in [0.4, 0.5) is 5.95 Å². The molecule has 0 aliphatic carbocycles. The van der Waals surface area contributed by atoms with Crippen molar-refractivity contribution in [1.29, 1.82) is 0 Å². The van der Waals surface area contributed by atoms with Gasteiger partial charge in [0.2, 0.25) is 11.9 Å². The number of anilines is 1. The highest BCUT2D eigenvalue weighted by Crippen LogP contribution is 2.39. The normalized spacial score (nSPS) is 15.0. The molecule has 0 atom stereocenters. The Morgan fingerprint density at radius 3 is 2.40 bits per heavy atom. The second-order valence-electron chi connectivity index (χ2n) is 9.12. The quantitative estimate of drug-likeness (QED) is 0.405. The molecule has 0 spiro atoms. The van der Waals surface area contributed by atoms with Crippen LogP contribution in [0.5, 0.6) is 0 Å². The number of nitrogens with two attached hydrogens (primary N) is 1. The lowest BCUT2D eigenvalue weighted by atomic mass is 9.88. The third-order valence-electron chi connectivity index (χ3n) is 6.14. The zero-order valence-corrected chi connectivity index (χ0v) is 21.1. The lowest BCUT2D eigenvalue weighted by Crippen LogP contribution is -2.76. The molecule has 8 nitrogen and oxygen atoms in total. The molecule has 10 heteroatoms. The molecule has 1 saturated heterocycles. The van der Waals surface area contributed by atoms with Gasteiger partial charge >= 0.3 is 0 Å². The van der Waals surface area contributed by atoms with Crippen LogP contribution in [-0.4, -0.2) is 50.2 Å². The summed E-state index contributed by atoms with van der Waals surface area (Å²) in [5, 5.41) is 9.38. The van der Waals surface area contributed by atoms with E-state index >= 15 is 0 Å². The van der Waals surface area contributed by atoms with Crippen molar-refractivity contribution in [3.63, 3.8) is 0 Å². The van der Waals surface area contributed by atoms with Crippen molar-refractivity contribution in [2.45, 2.75) is 32.4 Å². The van der Waals surface area contributed by atoms with Gasteiger partial charge in [-0.05, 0) is 44.5 Å². The van der Waals surface area contributed by atoms with Gasteiger partial charge in [-0.3, -0.25) is 10.1 Å². The van der Waals surface area contributed by atoms with Gasteiger partial charge in [0.05, 0.1) is 10.6 Å². The van der Waals surface area contributed by atoms with E-state index in [1.54, 1.807) is 4.52 Å². The van der Waals surface area contributed by atoms with E-state index in [0.29, 0.717) is 46.2 Å². The van der Waals surface area contributed by atoms with E-state index in [-0.39, 0.29) is 11.9 Å². The second kappa shape index (κ2) is 8.78. The van der Waals surface area contributed by atoms with E-state index in [4.69, 9.17) is 39.0 Å². The van der Waals surface area contributed by atoms with E-state index in [0.717, 1.165) is 16.7 Å². The molecule has 35 heavy (non-hydrogen) atoms. The SMILES string of the molecule is Cc1nc(N2CC(NC(C)C)(C(N)=O)C2)nc2c(-c3ccc(Cl)cc3)c(-c3ccccc3Cl)nn12. The molecular weight excluding hydrogens is 485 g/mol. The first kappa shape index (κ1) is 23.5. The summed E-state index contributed by atoms with van der Waals surface area (Å²) in [4.78, 5) is 23.7. The molecule has 1 aliphatic rings. The number of benzene rings is 2. The Labute approximate surface area is 213 Å². The summed E-state index contributed by atoms with van der Waals surface area (Å²) in [6, 6.07) is 15.2. The molecular formula is C25H25Cl2N7O. The first-order valence-corrected chi connectivity index (χ1v) is 12.0. The minimum atomic E-state index is -0.806. The van der Waals surface area contributed by atoms with Crippen LogP contribution in [0.15, 0.2) is 48.5 Å². The van der Waals surface area contributed by atoms with Crippen LogP contribution in [0.1, 0.15) is 19.7 Å². The molecule has 0 bridgehead atoms. The molecule has 3 N–H and O–H groups in total. The molecule has 1 amide bonds. The Bertz CT molecular complexity index is 1430. The molecule has 2 aromatic carbocycles. The number of hydrogen-bond donors (Lipinski definition) is 2. The first-order chi connectivity index (χ1) is 16.7. The summed E-state index contributed by atoms with van der Waals surface area (Å²) in [5.74, 6) is 0.789. The Hall–Kier alpha value is -3.20. The molecule has 2 aromatic heterocycles. The van der Waals surface area contributed by atoms with E-state index in [9.17, 15) is 4.79 Å². The topological polar surface area (TPSA) is 101 Å². The fourth-order valence-corrected chi connectivity index (χ4v) is 4.88. The number of nitrogens with one attached hydrogen (secondary N) is 1. The maximum absolute atomic E-state index is 12.2. The Kier molecular flexibility index (Phi) is 5.91. The molecule has 0 radical (unpaired) electrons. The molecule has 3 heterocycles. The summed E-state index contributed by atoms with van der Waals surface area (Å²) in [6.07, 6.45) is 0. The van der Waals surface area contributed by atoms with E-state index in [1.807, 2.05) is 74.2 Å². The average Bonchev–Trinajstić information content (AvgIpc) is 3.16. The third-order valence-corrected chi connectivity index (χ3v) is 6.72. The van der Waals surface area contributed by atoms with Crippen LogP contribution in [0.25, 0.3) is 28.0 Å². The Balaban J connectivity index is 1.66. The summed E-state index contributed by atoms with van der Waals surface area (Å²) in [7, 11) is 0. The highest BCUT2D eigenvalue weighted by molar-refractivity contribution is 6.33. The van der Waals surface area contributed by atoms with Gasteiger partial charge in [-0.25, -0.2) is 0 Å². The molecule has 5 rings (SSSR count). The zero-order chi connectivity index (χ0) is 24.9. The van der Waals surface area contributed by atoms with Crippen molar-refractivity contribution in [2.75, 3.05) is 18.0 Å². The van der Waals surface area contributed by atoms with Crippen molar-refractivity contribution in [1.82, 2.24) is 24.9 Å². The van der Waals surface area contributed by atoms with Crippen molar-refractivity contribution >= 4 is 40.7 Å². The maximum atomic E-state index is 12.2. The number of amides is 1. The number of primary amides is 1. The van der Waals surface area contributed by atoms with Crippen LogP contribution >= 0.6 is 23.2 Å². The number of carbonyl (C=O) groups is 1. The number of hydrogen-bond acceptors (Lipinski definition) is 6. The van der Waals surface area contributed by atoms with Crippen molar-refractivity contribution < 1.29 is 4.79 Å². The van der Waals surface area contributed by atoms with Gasteiger partial charge in [-0.2, -0.15) is 19.6 Å². The minimum Gasteiger partial charge on any atom is -0.368 e. The summed E-state index contributed by atoms with van der Waals surface area (Å²) in [5.41, 5.74) is 8.78. The van der Waals surface area contributed by atoms with Crippen molar-refractivity contribution in [2.24, 2.45) is 5.73 Å². The number of fused-ring (bicyclic) bond motifs is 1. The van der Waals surface area contributed by atoms with Gasteiger partial charge in [0, 0.05) is 29.7 Å². The molecule has 1 aliphatic heterocycles. The Morgan fingerprint density at radius 1 is 1.09 bits per heavy atom. The highest BCUT2D eigenvalue weighted by atomic mass is 35.5.